The van der Waals surface area contributed by atoms with Crippen molar-refractivity contribution >= 4 is 44.5 Å². The summed E-state index contributed by atoms with van der Waals surface area (Å²) in [4.78, 5) is 0. The Labute approximate surface area is 49.1 Å². The number of hydrogen-bond donors (Lipinski definition) is 0. The van der Waals surface area contributed by atoms with Crippen molar-refractivity contribution in [2.75, 3.05) is 0 Å². The van der Waals surface area contributed by atoms with Crippen molar-refractivity contribution in [2.45, 2.75) is 0 Å². The van der Waals surface area contributed by atoms with Crippen molar-refractivity contribution < 1.29 is 4.46 Å². The molecule has 0 amide bonds. The summed E-state index contributed by atoms with van der Waals surface area (Å²) in [6, 6.07) is 0. The molecule has 5 radical (unpaired) electrons. The minimum atomic E-state index is 0. The molecule has 0 aromatic heterocycles. The molecule has 0 aliphatic carbocycles. The zero-order valence-corrected chi connectivity index (χ0v) is 7.03. The van der Waals surface area contributed by atoms with Crippen LogP contribution in [0.1, 0.15) is 0 Å². The Hall–Kier alpha value is 1.27. The second-order valence-corrected chi connectivity index (χ2v) is 0. The van der Waals surface area contributed by atoms with Gasteiger partial charge in [0.05, 0.1) is 0 Å². The van der Waals surface area contributed by atoms with Gasteiger partial charge in [-0.2, -0.15) is 9.90 Å². The maximum Gasteiger partial charge on any atom is 0.381 e. The fourth-order valence-electron chi connectivity index (χ4n) is 0. The molecule has 0 saturated heterocycles. The van der Waals surface area contributed by atoms with Crippen LogP contribution in [0.2, 0.25) is 0 Å². The summed E-state index contributed by atoms with van der Waals surface area (Å²) in [6.45, 7) is 0. The van der Waals surface area contributed by atoms with Crippen molar-refractivity contribution in [3.8, 4) is 0 Å². The van der Waals surface area contributed by atoms with E-state index in [9.17, 15) is 0 Å². The molecule has 0 bridgehead atoms. The Kier molecular flexibility index (Phi) is 133. The molecule has 1 nitrogen and oxygen atoms in total. The second kappa shape index (κ2) is 28.4. The molecule has 0 spiro atoms. The van der Waals surface area contributed by atoms with E-state index in [-0.39, 0.29) is 34.3 Å². The molecule has 0 saturated carbocycles. The molecule has 4 heavy (non-hydrogen) atoms. The SMILES string of the molecule is O=[Si].P.[Sb]. The molecule has 23 valence electrons. The van der Waals surface area contributed by atoms with Crippen molar-refractivity contribution in [1.82, 2.24) is 0 Å². The van der Waals surface area contributed by atoms with Crippen molar-refractivity contribution in [2.24, 2.45) is 0 Å². The van der Waals surface area contributed by atoms with Gasteiger partial charge in [-0.15, -0.1) is 0 Å². The molecule has 0 N–H and O–H groups in total. The van der Waals surface area contributed by atoms with Crippen LogP contribution in [0.25, 0.3) is 0 Å². The van der Waals surface area contributed by atoms with Crippen LogP contribution in [0.15, 0.2) is 0 Å². The van der Waals surface area contributed by atoms with Gasteiger partial charge in [-0.05, 0) is 0 Å². The van der Waals surface area contributed by atoms with Crippen molar-refractivity contribution in [1.29, 1.82) is 0 Å². The summed E-state index contributed by atoms with van der Waals surface area (Å²) in [7, 11) is 1.72. The normalized spacial score (nSPS) is 1.00. The van der Waals surface area contributed by atoms with Gasteiger partial charge in [0.1, 0.15) is 0 Å². The monoisotopic (exact) mass is 199 g/mol. The number of rotatable bonds is 0. The van der Waals surface area contributed by atoms with E-state index in [1.54, 1.807) is 10.1 Å². The minimum absolute atomic E-state index is 0. The summed E-state index contributed by atoms with van der Waals surface area (Å²) in [5, 5.41) is 0. The predicted molar refractivity (Wildman–Crippen MR) is 23.3 cm³/mol. The van der Waals surface area contributed by atoms with Gasteiger partial charge in [-0.1, -0.05) is 0 Å². The van der Waals surface area contributed by atoms with Gasteiger partial charge < -0.3 is 4.46 Å². The van der Waals surface area contributed by atoms with Crippen molar-refractivity contribution in [3.63, 3.8) is 0 Å². The van der Waals surface area contributed by atoms with Crippen LogP contribution in [-0.4, -0.2) is 34.6 Å². The Morgan fingerprint density at radius 2 is 1.25 bits per heavy atom. The smallest absolute Gasteiger partial charge is 0.381 e. The summed E-state index contributed by atoms with van der Waals surface area (Å²) in [6.07, 6.45) is 0. The fraction of sp³-hybridized carbons (Fsp3) is 0. The van der Waals surface area contributed by atoms with Crippen LogP contribution in [-0.2, 0) is 4.46 Å². The zero-order valence-electron chi connectivity index (χ0n) is 2.06. The van der Waals surface area contributed by atoms with E-state index in [4.69, 9.17) is 4.46 Å². The van der Waals surface area contributed by atoms with E-state index in [1.165, 1.54) is 0 Å². The van der Waals surface area contributed by atoms with Crippen LogP contribution in [0.4, 0.5) is 0 Å². The maximum atomic E-state index is 8.06. The molecular weight excluding hydrogens is 197 g/mol. The summed E-state index contributed by atoms with van der Waals surface area (Å²) < 4.78 is 8.06. The van der Waals surface area contributed by atoms with E-state index >= 15 is 0 Å². The first-order chi connectivity index (χ1) is 1.00. The Balaban J connectivity index is -0.00000000500. The minimum Gasteiger partial charge on any atom is -0.381 e. The van der Waals surface area contributed by atoms with E-state index in [2.05, 4.69) is 0 Å². The van der Waals surface area contributed by atoms with E-state index < -0.39 is 0 Å². The van der Waals surface area contributed by atoms with Gasteiger partial charge in [0.25, 0.3) is 0 Å². The zero-order chi connectivity index (χ0) is 2.00. The molecule has 4 heteroatoms. The third-order valence-electron chi connectivity index (χ3n) is 0. The maximum absolute atomic E-state index is 8.06. The molecule has 0 aliphatic rings. The van der Waals surface area contributed by atoms with Crippen LogP contribution in [0, 0.1) is 0 Å². The van der Waals surface area contributed by atoms with Crippen LogP contribution >= 0.6 is 9.90 Å². The molecule has 1 unspecified atom stereocenters. The molecule has 0 aromatic rings. The Morgan fingerprint density at radius 1 is 1.25 bits per heavy atom. The third kappa shape index (κ3) is 10.5. The van der Waals surface area contributed by atoms with Crippen LogP contribution in [0.3, 0.4) is 0 Å². The van der Waals surface area contributed by atoms with Gasteiger partial charge in [0, 0.05) is 24.4 Å². The van der Waals surface area contributed by atoms with Gasteiger partial charge in [-0.3, -0.25) is 0 Å². The first-order valence-electron chi connectivity index (χ1n) is 0.204. The Bertz CT molecular complexity index is 8.00. The average Bonchev–Trinajstić information content (AvgIpc) is 1.00. The van der Waals surface area contributed by atoms with Gasteiger partial charge in [-0.25, -0.2) is 0 Å². The summed E-state index contributed by atoms with van der Waals surface area (Å²) in [5.74, 6) is 0. The largest absolute Gasteiger partial charge is 0.381 e. The van der Waals surface area contributed by atoms with Gasteiger partial charge >= 0.3 is 10.1 Å². The summed E-state index contributed by atoms with van der Waals surface area (Å²) >= 11 is 0. The Morgan fingerprint density at radius 3 is 1.25 bits per heavy atom. The quantitative estimate of drug-likeness (QED) is 0.368. The standard InChI is InChI=1S/OSi.H3P.Sb/c1-2;;/h;1H3;. The number of hydrogen-bond acceptors (Lipinski definition) is 1. The molecule has 1 atom stereocenters. The topological polar surface area (TPSA) is 17.1 Å². The second-order valence-electron chi connectivity index (χ2n) is 0. The molecule has 0 heterocycles. The molecule has 0 aliphatic heterocycles. The van der Waals surface area contributed by atoms with E-state index in [0.29, 0.717) is 0 Å². The average molecular weight is 200 g/mol. The van der Waals surface area contributed by atoms with E-state index in [0.717, 1.165) is 0 Å². The third-order valence-corrected chi connectivity index (χ3v) is 0. The fourth-order valence-corrected chi connectivity index (χ4v) is 0. The van der Waals surface area contributed by atoms with Crippen LogP contribution < -0.4 is 0 Å². The van der Waals surface area contributed by atoms with Crippen molar-refractivity contribution in [3.05, 3.63) is 0 Å². The molecular formula is H3OPSbSi. The predicted octanol–water partition coefficient (Wildman–Crippen LogP) is -0.822. The first-order valence-corrected chi connectivity index (χ1v) is 0.612. The molecule has 0 aromatic carbocycles. The molecule has 0 rings (SSSR count). The van der Waals surface area contributed by atoms with Gasteiger partial charge in [0.2, 0.25) is 0 Å². The first kappa shape index (κ1) is 18.7. The van der Waals surface area contributed by atoms with Crippen LogP contribution in [0.5, 0.6) is 0 Å². The summed E-state index contributed by atoms with van der Waals surface area (Å²) in [5.41, 5.74) is 0. The molecule has 0 fully saturated rings. The van der Waals surface area contributed by atoms with E-state index in [1.807, 2.05) is 0 Å². The van der Waals surface area contributed by atoms with Gasteiger partial charge in [0.15, 0.2) is 0 Å².